The third-order valence-electron chi connectivity index (χ3n) is 3.24. The van der Waals surface area contributed by atoms with Crippen molar-refractivity contribution in [3.8, 4) is 0 Å². The first-order chi connectivity index (χ1) is 9.19. The molecule has 0 spiro atoms. The molecule has 7 heteroatoms. The molecule has 0 bridgehead atoms. The van der Waals surface area contributed by atoms with Gasteiger partial charge < -0.3 is 5.32 Å². The molecule has 102 valence electrons. The molecule has 3 rings (SSSR count). The van der Waals surface area contributed by atoms with Crippen LogP contribution in [0.3, 0.4) is 0 Å². The Balaban J connectivity index is 2.06. The molecular weight excluding hydrogens is 282 g/mol. The molecule has 1 fully saturated rings. The molecule has 0 radical (unpaired) electrons. The van der Waals surface area contributed by atoms with Crippen LogP contribution >= 0.6 is 11.3 Å². The minimum Gasteiger partial charge on any atom is -0.315 e. The minimum absolute atomic E-state index is 0.384. The molecule has 2 aromatic rings. The van der Waals surface area contributed by atoms with E-state index in [0.29, 0.717) is 24.5 Å². The van der Waals surface area contributed by atoms with E-state index >= 15 is 0 Å². The van der Waals surface area contributed by atoms with Crippen molar-refractivity contribution in [1.82, 2.24) is 14.6 Å². The summed E-state index contributed by atoms with van der Waals surface area (Å²) in [4.78, 5) is 4.56. The number of fused-ring (bicyclic) bond motifs is 1. The van der Waals surface area contributed by atoms with E-state index in [1.54, 1.807) is 21.9 Å². The van der Waals surface area contributed by atoms with Crippen molar-refractivity contribution in [3.63, 3.8) is 0 Å². The zero-order valence-corrected chi connectivity index (χ0v) is 12.0. The van der Waals surface area contributed by atoms with Crippen molar-refractivity contribution in [2.24, 2.45) is 0 Å². The first kappa shape index (κ1) is 13.0. The predicted octanol–water partition coefficient (Wildman–Crippen LogP) is 1.28. The normalized spacial score (nSPS) is 18.5. The molecule has 2 heterocycles. The number of rotatable bonds is 2. The average molecular weight is 297 g/mol. The fraction of sp³-hybridized carbons (Fsp3) is 0.417. The van der Waals surface area contributed by atoms with Crippen LogP contribution in [0.2, 0.25) is 0 Å². The van der Waals surface area contributed by atoms with Crippen molar-refractivity contribution >= 4 is 31.6 Å². The van der Waals surface area contributed by atoms with Crippen molar-refractivity contribution in [2.45, 2.75) is 11.3 Å². The Morgan fingerprint density at radius 3 is 3.05 bits per heavy atom. The van der Waals surface area contributed by atoms with E-state index in [1.807, 2.05) is 6.07 Å². The highest BCUT2D eigenvalue weighted by Gasteiger charge is 2.27. The number of sulfonamides is 1. The number of aromatic nitrogens is 1. The van der Waals surface area contributed by atoms with E-state index in [0.717, 1.165) is 23.2 Å². The highest BCUT2D eigenvalue weighted by atomic mass is 32.2. The lowest BCUT2D eigenvalue weighted by Crippen LogP contribution is -2.34. The van der Waals surface area contributed by atoms with Gasteiger partial charge in [-0.05, 0) is 25.1 Å². The lowest BCUT2D eigenvalue weighted by atomic mass is 10.3. The summed E-state index contributed by atoms with van der Waals surface area (Å²) < 4.78 is 27.8. The molecule has 1 N–H and O–H groups in total. The highest BCUT2D eigenvalue weighted by Crippen LogP contribution is 2.28. The summed E-state index contributed by atoms with van der Waals surface area (Å²) in [7, 11) is -3.42. The van der Waals surface area contributed by atoms with E-state index < -0.39 is 10.0 Å². The van der Waals surface area contributed by atoms with E-state index in [4.69, 9.17) is 0 Å². The van der Waals surface area contributed by atoms with Crippen molar-refractivity contribution in [3.05, 3.63) is 23.7 Å². The number of nitrogens with zero attached hydrogens (tertiary/aromatic N) is 2. The summed E-state index contributed by atoms with van der Waals surface area (Å²) in [5.74, 6) is 0. The van der Waals surface area contributed by atoms with Gasteiger partial charge in [0, 0.05) is 19.6 Å². The van der Waals surface area contributed by atoms with Gasteiger partial charge in [0.05, 0.1) is 15.7 Å². The summed E-state index contributed by atoms with van der Waals surface area (Å²) in [5.41, 5.74) is 2.44. The molecule has 1 aromatic heterocycles. The van der Waals surface area contributed by atoms with Crippen LogP contribution in [0.5, 0.6) is 0 Å². The lowest BCUT2D eigenvalue weighted by Gasteiger charge is -2.19. The van der Waals surface area contributed by atoms with Gasteiger partial charge >= 0.3 is 0 Å². The maximum Gasteiger partial charge on any atom is 0.244 e. The van der Waals surface area contributed by atoms with E-state index in [2.05, 4.69) is 10.3 Å². The quantitative estimate of drug-likeness (QED) is 0.907. The average Bonchev–Trinajstić information content (AvgIpc) is 2.70. The molecule has 0 unspecified atom stereocenters. The van der Waals surface area contributed by atoms with Crippen LogP contribution in [0, 0.1) is 0 Å². The standard InChI is InChI=1S/C12H15N3O2S2/c16-19(17,15-7-2-5-13-6-8-15)11-4-1-3-10-12(11)18-9-14-10/h1,3-4,9,13H,2,5-8H2. The van der Waals surface area contributed by atoms with Gasteiger partial charge in [-0.2, -0.15) is 4.31 Å². The van der Waals surface area contributed by atoms with E-state index in [9.17, 15) is 8.42 Å². The largest absolute Gasteiger partial charge is 0.315 e. The molecule has 1 aliphatic heterocycles. The van der Waals surface area contributed by atoms with Crippen LogP contribution in [-0.4, -0.2) is 43.9 Å². The SMILES string of the molecule is O=S(=O)(c1cccc2ncsc12)N1CCCNCC1. The summed E-state index contributed by atoms with van der Waals surface area (Å²) >= 11 is 1.38. The molecule has 19 heavy (non-hydrogen) atoms. The zero-order chi connectivity index (χ0) is 13.3. The van der Waals surface area contributed by atoms with E-state index in [-0.39, 0.29) is 0 Å². The molecule has 1 aliphatic rings. The van der Waals surface area contributed by atoms with Gasteiger partial charge in [-0.3, -0.25) is 0 Å². The summed E-state index contributed by atoms with van der Waals surface area (Å²) in [6.45, 7) is 2.68. The van der Waals surface area contributed by atoms with Crippen LogP contribution in [0.25, 0.3) is 10.2 Å². The molecule has 0 aliphatic carbocycles. The lowest BCUT2D eigenvalue weighted by molar-refractivity contribution is 0.432. The molecule has 1 saturated heterocycles. The third kappa shape index (κ3) is 2.38. The van der Waals surface area contributed by atoms with Crippen LogP contribution in [0.4, 0.5) is 0 Å². The number of hydrogen-bond acceptors (Lipinski definition) is 5. The van der Waals surface area contributed by atoms with Crippen molar-refractivity contribution < 1.29 is 8.42 Å². The van der Waals surface area contributed by atoms with Gasteiger partial charge in [0.2, 0.25) is 10.0 Å². The maximum absolute atomic E-state index is 12.7. The van der Waals surface area contributed by atoms with Crippen LogP contribution in [0.15, 0.2) is 28.6 Å². The zero-order valence-electron chi connectivity index (χ0n) is 10.4. The third-order valence-corrected chi connectivity index (χ3v) is 6.18. The molecule has 0 saturated carbocycles. The first-order valence-electron chi connectivity index (χ1n) is 6.23. The van der Waals surface area contributed by atoms with Gasteiger partial charge in [0.25, 0.3) is 0 Å². The van der Waals surface area contributed by atoms with E-state index in [1.165, 1.54) is 11.3 Å². The van der Waals surface area contributed by atoms with Gasteiger partial charge in [-0.1, -0.05) is 6.07 Å². The second-order valence-electron chi connectivity index (χ2n) is 4.46. The van der Waals surface area contributed by atoms with Gasteiger partial charge in [-0.15, -0.1) is 11.3 Å². The Labute approximate surface area is 116 Å². The first-order valence-corrected chi connectivity index (χ1v) is 8.54. The highest BCUT2D eigenvalue weighted by molar-refractivity contribution is 7.89. The van der Waals surface area contributed by atoms with Crippen molar-refractivity contribution in [1.29, 1.82) is 0 Å². The van der Waals surface area contributed by atoms with Crippen LogP contribution < -0.4 is 5.32 Å². The van der Waals surface area contributed by atoms with Gasteiger partial charge in [0.15, 0.2) is 0 Å². The summed E-state index contributed by atoms with van der Waals surface area (Å²) in [6, 6.07) is 5.27. The van der Waals surface area contributed by atoms with Crippen molar-refractivity contribution in [2.75, 3.05) is 26.2 Å². The van der Waals surface area contributed by atoms with Crippen LogP contribution in [0.1, 0.15) is 6.42 Å². The fourth-order valence-corrected chi connectivity index (χ4v) is 4.99. The smallest absolute Gasteiger partial charge is 0.244 e. The maximum atomic E-state index is 12.7. The number of thiazole rings is 1. The second-order valence-corrected chi connectivity index (χ2v) is 7.23. The molecule has 0 amide bonds. The number of nitrogens with one attached hydrogen (secondary N) is 1. The fourth-order valence-electron chi connectivity index (χ4n) is 2.26. The topological polar surface area (TPSA) is 62.3 Å². The molecule has 0 atom stereocenters. The Kier molecular flexibility index (Phi) is 3.53. The summed E-state index contributed by atoms with van der Waals surface area (Å²) in [6.07, 6.45) is 0.845. The molecular formula is C12H15N3O2S2. The van der Waals surface area contributed by atoms with Crippen LogP contribution in [-0.2, 0) is 10.0 Å². The number of hydrogen-bond donors (Lipinski definition) is 1. The Bertz CT molecular complexity index is 673. The number of benzene rings is 1. The monoisotopic (exact) mass is 297 g/mol. The second kappa shape index (κ2) is 5.16. The summed E-state index contributed by atoms with van der Waals surface area (Å²) in [5, 5.41) is 3.22. The Morgan fingerprint density at radius 2 is 2.16 bits per heavy atom. The molecule has 1 aromatic carbocycles. The van der Waals surface area contributed by atoms with Gasteiger partial charge in [0.1, 0.15) is 4.90 Å². The Hall–Kier alpha value is -1.02. The van der Waals surface area contributed by atoms with Gasteiger partial charge in [-0.25, -0.2) is 13.4 Å². The molecule has 5 nitrogen and oxygen atoms in total. The predicted molar refractivity (Wildman–Crippen MR) is 75.9 cm³/mol. The Morgan fingerprint density at radius 1 is 1.26 bits per heavy atom. The minimum atomic E-state index is -3.42.